The number of benzene rings is 1. The summed E-state index contributed by atoms with van der Waals surface area (Å²) in [6.45, 7) is 10.1. The van der Waals surface area contributed by atoms with Gasteiger partial charge in [-0.2, -0.15) is 0 Å². The summed E-state index contributed by atoms with van der Waals surface area (Å²) in [5, 5.41) is 1.20. The fourth-order valence-electron chi connectivity index (χ4n) is 2.00. The molecule has 2 heterocycles. The molecule has 0 bridgehead atoms. The minimum Gasteiger partial charge on any atom is -0.304 e. The molecule has 0 aliphatic heterocycles. The molecule has 3 aromatic rings. The van der Waals surface area contributed by atoms with Crippen LogP contribution in [0.4, 0.5) is 0 Å². The summed E-state index contributed by atoms with van der Waals surface area (Å²) >= 11 is 0. The fourth-order valence-corrected chi connectivity index (χ4v) is 2.00. The van der Waals surface area contributed by atoms with Crippen LogP contribution in [0.1, 0.15) is 20.8 Å². The molecule has 0 radical (unpaired) electrons. The lowest BCUT2D eigenvalue weighted by Crippen LogP contribution is -2.21. The Morgan fingerprint density at radius 2 is 1.30 bits per heavy atom. The third kappa shape index (κ3) is 8.07. The number of para-hydroxylation sites is 1. The van der Waals surface area contributed by atoms with E-state index in [9.17, 15) is 0 Å². The standard InChI is InChI=1S/C9H7N.C6H15N.C5H5N/c1-2-6-9-8(4-1)5-3-7-10-9;1-4-7(5-2)6-3;1-2-4-6-5-3-1/h1-7H;4-6H2,1-3H3;1-5H. The number of hydrogen-bond acceptors (Lipinski definition) is 3. The van der Waals surface area contributed by atoms with E-state index in [1.54, 1.807) is 12.4 Å². The summed E-state index contributed by atoms with van der Waals surface area (Å²) in [5.41, 5.74) is 1.06. The van der Waals surface area contributed by atoms with Crippen LogP contribution in [0.15, 0.2) is 73.2 Å². The van der Waals surface area contributed by atoms with Gasteiger partial charge in [0.05, 0.1) is 5.52 Å². The van der Waals surface area contributed by atoms with Crippen molar-refractivity contribution in [2.75, 3.05) is 19.6 Å². The molecule has 0 saturated heterocycles. The van der Waals surface area contributed by atoms with E-state index >= 15 is 0 Å². The van der Waals surface area contributed by atoms with E-state index in [2.05, 4.69) is 47.8 Å². The first kappa shape index (κ1) is 18.8. The Balaban J connectivity index is 0.000000181. The van der Waals surface area contributed by atoms with E-state index in [1.807, 2.05) is 48.7 Å². The van der Waals surface area contributed by atoms with E-state index in [0.717, 1.165) is 5.52 Å². The molecule has 1 aromatic carbocycles. The third-order valence-corrected chi connectivity index (χ3v) is 3.42. The van der Waals surface area contributed by atoms with E-state index in [1.165, 1.54) is 25.0 Å². The first-order valence-corrected chi connectivity index (χ1v) is 8.18. The number of hydrogen-bond donors (Lipinski definition) is 0. The quantitative estimate of drug-likeness (QED) is 0.704. The van der Waals surface area contributed by atoms with Crippen LogP contribution < -0.4 is 0 Å². The van der Waals surface area contributed by atoms with Crippen molar-refractivity contribution >= 4 is 10.9 Å². The van der Waals surface area contributed by atoms with Gasteiger partial charge in [0.25, 0.3) is 0 Å². The lowest BCUT2D eigenvalue weighted by atomic mass is 10.2. The van der Waals surface area contributed by atoms with Gasteiger partial charge in [0.15, 0.2) is 0 Å². The molecule has 0 unspecified atom stereocenters. The van der Waals surface area contributed by atoms with Crippen LogP contribution in [-0.2, 0) is 0 Å². The van der Waals surface area contributed by atoms with Gasteiger partial charge in [-0.1, -0.05) is 51.1 Å². The molecule has 3 heteroatoms. The van der Waals surface area contributed by atoms with Crippen LogP contribution in [0.5, 0.6) is 0 Å². The molecule has 0 N–H and O–H groups in total. The highest BCUT2D eigenvalue weighted by molar-refractivity contribution is 5.77. The van der Waals surface area contributed by atoms with Gasteiger partial charge in [0, 0.05) is 24.0 Å². The topological polar surface area (TPSA) is 29.0 Å². The zero-order valence-corrected chi connectivity index (χ0v) is 14.4. The van der Waals surface area contributed by atoms with Crippen LogP contribution >= 0.6 is 0 Å². The lowest BCUT2D eigenvalue weighted by Gasteiger charge is -2.13. The smallest absolute Gasteiger partial charge is 0.0701 e. The zero-order valence-electron chi connectivity index (χ0n) is 14.4. The molecule has 0 amide bonds. The first-order chi connectivity index (χ1) is 11.3. The van der Waals surface area contributed by atoms with Crippen molar-refractivity contribution in [3.8, 4) is 0 Å². The molecule has 0 aliphatic rings. The van der Waals surface area contributed by atoms with Gasteiger partial charge in [-0.25, -0.2) is 0 Å². The maximum absolute atomic E-state index is 4.18. The molecule has 3 rings (SSSR count). The van der Waals surface area contributed by atoms with Gasteiger partial charge >= 0.3 is 0 Å². The van der Waals surface area contributed by atoms with Gasteiger partial charge in [0.2, 0.25) is 0 Å². The zero-order chi connectivity index (χ0) is 16.8. The first-order valence-electron chi connectivity index (χ1n) is 8.18. The predicted octanol–water partition coefficient (Wildman–Crippen LogP) is 4.66. The van der Waals surface area contributed by atoms with Crippen LogP contribution in [0.25, 0.3) is 10.9 Å². The number of nitrogens with zero attached hydrogens (tertiary/aromatic N) is 3. The molecule has 0 aliphatic carbocycles. The normalized spacial score (nSPS) is 9.57. The van der Waals surface area contributed by atoms with E-state index in [-0.39, 0.29) is 0 Å². The summed E-state index contributed by atoms with van der Waals surface area (Å²) in [7, 11) is 0. The van der Waals surface area contributed by atoms with E-state index < -0.39 is 0 Å². The van der Waals surface area contributed by atoms with Gasteiger partial charge in [-0.15, -0.1) is 0 Å². The van der Waals surface area contributed by atoms with Crippen LogP contribution in [-0.4, -0.2) is 34.5 Å². The molecular weight excluding hydrogens is 282 g/mol. The Hall–Kier alpha value is -2.26. The molecule has 3 nitrogen and oxygen atoms in total. The van der Waals surface area contributed by atoms with Gasteiger partial charge in [0.1, 0.15) is 0 Å². The second kappa shape index (κ2) is 12.3. The average molecular weight is 309 g/mol. The highest BCUT2D eigenvalue weighted by Gasteiger charge is 1.89. The number of fused-ring (bicyclic) bond motifs is 1. The van der Waals surface area contributed by atoms with Crippen molar-refractivity contribution in [2.45, 2.75) is 20.8 Å². The second-order valence-electron chi connectivity index (χ2n) is 4.84. The van der Waals surface area contributed by atoms with Crippen molar-refractivity contribution in [2.24, 2.45) is 0 Å². The maximum Gasteiger partial charge on any atom is 0.0701 e. The molecule has 23 heavy (non-hydrogen) atoms. The Kier molecular flexibility index (Phi) is 10.0. The van der Waals surface area contributed by atoms with Gasteiger partial charge in [-0.3, -0.25) is 9.97 Å². The number of pyridine rings is 2. The van der Waals surface area contributed by atoms with E-state index in [0.29, 0.717) is 0 Å². The molecule has 2 aromatic heterocycles. The Morgan fingerprint density at radius 3 is 1.74 bits per heavy atom. The minimum absolute atomic E-state index is 1.06. The molecule has 122 valence electrons. The van der Waals surface area contributed by atoms with Gasteiger partial charge in [-0.05, 0) is 43.9 Å². The lowest BCUT2D eigenvalue weighted by molar-refractivity contribution is 0.321. The van der Waals surface area contributed by atoms with Gasteiger partial charge < -0.3 is 4.90 Å². The molecule has 0 fully saturated rings. The third-order valence-electron chi connectivity index (χ3n) is 3.42. The largest absolute Gasteiger partial charge is 0.304 e. The molecule has 0 spiro atoms. The summed E-state index contributed by atoms with van der Waals surface area (Å²) in [4.78, 5) is 10.3. The number of rotatable bonds is 3. The Labute approximate surface area is 140 Å². The predicted molar refractivity (Wildman–Crippen MR) is 99.4 cm³/mol. The van der Waals surface area contributed by atoms with Crippen LogP contribution in [0.3, 0.4) is 0 Å². The second-order valence-corrected chi connectivity index (χ2v) is 4.84. The molecular formula is C20H27N3. The average Bonchev–Trinajstić information content (AvgIpc) is 2.66. The number of aromatic nitrogens is 2. The highest BCUT2D eigenvalue weighted by atomic mass is 15.1. The van der Waals surface area contributed by atoms with Crippen molar-refractivity contribution in [1.29, 1.82) is 0 Å². The minimum atomic E-state index is 1.06. The van der Waals surface area contributed by atoms with Crippen molar-refractivity contribution < 1.29 is 0 Å². The fraction of sp³-hybridized carbons (Fsp3) is 0.300. The maximum atomic E-state index is 4.18. The summed E-state index contributed by atoms with van der Waals surface area (Å²) in [6, 6.07) is 17.8. The highest BCUT2D eigenvalue weighted by Crippen LogP contribution is 2.07. The Bertz CT molecular complexity index is 524. The van der Waals surface area contributed by atoms with Crippen molar-refractivity contribution in [3.05, 3.63) is 73.2 Å². The van der Waals surface area contributed by atoms with E-state index in [4.69, 9.17) is 0 Å². The molecule has 0 atom stereocenters. The summed E-state index contributed by atoms with van der Waals surface area (Å²) < 4.78 is 0. The van der Waals surface area contributed by atoms with Crippen LogP contribution in [0, 0.1) is 0 Å². The SMILES string of the molecule is CCN(CC)CC.c1ccc2ncccc2c1.c1ccncc1. The van der Waals surface area contributed by atoms with Crippen LogP contribution in [0.2, 0.25) is 0 Å². The summed E-state index contributed by atoms with van der Waals surface area (Å²) in [5.74, 6) is 0. The molecule has 0 saturated carbocycles. The monoisotopic (exact) mass is 309 g/mol. The summed E-state index contributed by atoms with van der Waals surface area (Å²) in [6.07, 6.45) is 5.31. The van der Waals surface area contributed by atoms with Crippen molar-refractivity contribution in [1.82, 2.24) is 14.9 Å². The Morgan fingerprint density at radius 1 is 0.696 bits per heavy atom. The van der Waals surface area contributed by atoms with Crippen molar-refractivity contribution in [3.63, 3.8) is 0 Å².